The summed E-state index contributed by atoms with van der Waals surface area (Å²) in [4.78, 5) is 28.2. The third-order valence-corrected chi connectivity index (χ3v) is 6.55. The van der Waals surface area contributed by atoms with Crippen LogP contribution in [-0.4, -0.2) is 66.6 Å². The predicted octanol–water partition coefficient (Wildman–Crippen LogP) is 2.11. The number of ether oxygens (including phenoxy) is 2. The number of halogens is 1. The highest BCUT2D eigenvalue weighted by molar-refractivity contribution is 5.94. The van der Waals surface area contributed by atoms with Crippen molar-refractivity contribution in [1.29, 1.82) is 5.26 Å². The summed E-state index contributed by atoms with van der Waals surface area (Å²) in [7, 11) is 1.39. The first-order valence-electron chi connectivity index (χ1n) is 11.1. The van der Waals surface area contributed by atoms with Crippen LogP contribution in [0.4, 0.5) is 4.39 Å². The lowest BCUT2D eigenvalue weighted by Gasteiger charge is -2.36. The van der Waals surface area contributed by atoms with Gasteiger partial charge in [0.15, 0.2) is 0 Å². The van der Waals surface area contributed by atoms with Crippen LogP contribution in [0, 0.1) is 24.1 Å². The van der Waals surface area contributed by atoms with E-state index in [1.807, 2.05) is 13.0 Å². The summed E-state index contributed by atoms with van der Waals surface area (Å²) >= 11 is 0. The summed E-state index contributed by atoms with van der Waals surface area (Å²) in [5.41, 5.74) is 3.28. The number of amides is 1. The highest BCUT2D eigenvalue weighted by atomic mass is 19.1. The van der Waals surface area contributed by atoms with Gasteiger partial charge in [-0.3, -0.25) is 9.69 Å². The van der Waals surface area contributed by atoms with Crippen LogP contribution in [0.15, 0.2) is 24.3 Å². The van der Waals surface area contributed by atoms with E-state index in [9.17, 15) is 19.1 Å². The van der Waals surface area contributed by atoms with Crippen LogP contribution in [0.5, 0.6) is 5.75 Å². The molecule has 178 valence electrons. The number of aliphatic hydroxyl groups is 1. The molecule has 0 bridgehead atoms. The second-order valence-corrected chi connectivity index (χ2v) is 8.51. The quantitative estimate of drug-likeness (QED) is 0.649. The molecule has 34 heavy (non-hydrogen) atoms. The van der Waals surface area contributed by atoms with Crippen molar-refractivity contribution in [2.45, 2.75) is 26.1 Å². The van der Waals surface area contributed by atoms with Crippen molar-refractivity contribution in [2.24, 2.45) is 0 Å². The number of piperazine rings is 1. The normalized spacial score (nSPS) is 16.6. The molecule has 1 unspecified atom stereocenters. The monoisotopic (exact) mass is 467 g/mol. The highest BCUT2D eigenvalue weighted by Gasteiger charge is 2.28. The third-order valence-electron chi connectivity index (χ3n) is 6.55. The average molecular weight is 467 g/mol. The van der Waals surface area contributed by atoms with Gasteiger partial charge in [0.2, 0.25) is 5.91 Å². The number of β-amino-alcohol motifs (C(OH)–C–C–N with tert-alkyl or cyclic N) is 1. The van der Waals surface area contributed by atoms with Gasteiger partial charge < -0.3 is 19.5 Å². The van der Waals surface area contributed by atoms with Crippen LogP contribution in [0.1, 0.15) is 44.3 Å². The number of fused-ring (bicyclic) bond motifs is 1. The van der Waals surface area contributed by atoms with Crippen molar-refractivity contribution in [2.75, 3.05) is 39.8 Å². The predicted molar refractivity (Wildman–Crippen MR) is 120 cm³/mol. The maximum absolute atomic E-state index is 14.3. The topological polar surface area (TPSA) is 103 Å². The molecule has 1 amide bonds. The van der Waals surface area contributed by atoms with Crippen LogP contribution in [0.2, 0.25) is 0 Å². The summed E-state index contributed by atoms with van der Waals surface area (Å²) in [6.45, 7) is 4.59. The summed E-state index contributed by atoms with van der Waals surface area (Å²) in [5.74, 6) is -0.906. The number of aliphatic hydroxyl groups excluding tert-OH is 1. The van der Waals surface area contributed by atoms with E-state index in [4.69, 9.17) is 14.7 Å². The van der Waals surface area contributed by atoms with Gasteiger partial charge in [-0.1, -0.05) is 6.07 Å². The zero-order valence-corrected chi connectivity index (χ0v) is 19.1. The molecule has 8 nitrogen and oxygen atoms in total. The lowest BCUT2D eigenvalue weighted by Crippen LogP contribution is -2.50. The smallest absolute Gasteiger partial charge is 0.338 e. The summed E-state index contributed by atoms with van der Waals surface area (Å²) in [6, 6.07) is 7.83. The van der Waals surface area contributed by atoms with Crippen LogP contribution in [0.3, 0.4) is 0 Å². The molecule has 2 aromatic rings. The number of nitrogens with zero attached hydrogens (tertiary/aromatic N) is 3. The van der Waals surface area contributed by atoms with Gasteiger partial charge in [-0.15, -0.1) is 0 Å². The van der Waals surface area contributed by atoms with Gasteiger partial charge >= 0.3 is 5.97 Å². The zero-order chi connectivity index (χ0) is 24.4. The maximum atomic E-state index is 14.3. The molecule has 4 rings (SSSR count). The highest BCUT2D eigenvalue weighted by Crippen LogP contribution is 2.29. The van der Waals surface area contributed by atoms with Crippen LogP contribution >= 0.6 is 0 Å². The van der Waals surface area contributed by atoms with Crippen molar-refractivity contribution in [1.82, 2.24) is 9.80 Å². The van der Waals surface area contributed by atoms with Crippen molar-refractivity contribution >= 4 is 11.9 Å². The zero-order valence-electron chi connectivity index (χ0n) is 19.1. The Labute approximate surface area is 197 Å². The molecular weight excluding hydrogens is 441 g/mol. The minimum atomic E-state index is -0.733. The lowest BCUT2D eigenvalue weighted by atomic mass is 9.95. The van der Waals surface area contributed by atoms with Gasteiger partial charge in [0.25, 0.3) is 0 Å². The standard InChI is InChI=1S/C25H26FN3O5/c1-15-18(3-4-19-20(15)14-34-25(19)32)22(30)13-28-5-7-29(8-6-28)24(31)11-16-10-23(33-2)17(12-27)9-21(16)26/h3-4,9-10,22,30H,5-8,11,13-14H2,1-2H3. The molecule has 1 N–H and O–H groups in total. The molecule has 2 aliphatic rings. The van der Waals surface area contributed by atoms with E-state index in [1.54, 1.807) is 17.0 Å². The fourth-order valence-corrected chi connectivity index (χ4v) is 4.51. The van der Waals surface area contributed by atoms with Crippen LogP contribution in [0.25, 0.3) is 0 Å². The van der Waals surface area contributed by atoms with Crippen molar-refractivity contribution in [3.05, 3.63) is 63.5 Å². The Hall–Kier alpha value is -3.48. The minimum absolute atomic E-state index is 0.0844. The second-order valence-electron chi connectivity index (χ2n) is 8.51. The molecule has 0 saturated carbocycles. The van der Waals surface area contributed by atoms with Gasteiger partial charge in [-0.2, -0.15) is 5.26 Å². The molecule has 0 spiro atoms. The van der Waals surface area contributed by atoms with Gasteiger partial charge in [-0.05, 0) is 36.2 Å². The number of methoxy groups -OCH3 is 1. The number of nitriles is 1. The van der Waals surface area contributed by atoms with Gasteiger partial charge in [-0.25, -0.2) is 9.18 Å². The molecule has 2 aliphatic heterocycles. The van der Waals surface area contributed by atoms with E-state index in [2.05, 4.69) is 4.90 Å². The van der Waals surface area contributed by atoms with E-state index >= 15 is 0 Å². The molecule has 9 heteroatoms. The first kappa shape index (κ1) is 23.7. The lowest BCUT2D eigenvalue weighted by molar-refractivity contribution is -0.132. The Morgan fingerprint density at radius 1 is 1.29 bits per heavy atom. The fourth-order valence-electron chi connectivity index (χ4n) is 4.51. The summed E-state index contributed by atoms with van der Waals surface area (Å²) in [5, 5.41) is 19.9. The Balaban J connectivity index is 1.34. The molecular formula is C25H26FN3O5. The van der Waals surface area contributed by atoms with Crippen molar-refractivity contribution in [3.8, 4) is 11.8 Å². The molecule has 0 aliphatic carbocycles. The van der Waals surface area contributed by atoms with E-state index in [0.717, 1.165) is 22.8 Å². The number of hydrogen-bond acceptors (Lipinski definition) is 7. The Morgan fingerprint density at radius 3 is 2.71 bits per heavy atom. The maximum Gasteiger partial charge on any atom is 0.338 e. The second kappa shape index (κ2) is 9.79. The van der Waals surface area contributed by atoms with E-state index in [0.29, 0.717) is 38.3 Å². The largest absolute Gasteiger partial charge is 0.495 e. The number of carbonyl (C=O) groups excluding carboxylic acids is 2. The Morgan fingerprint density at radius 2 is 2.03 bits per heavy atom. The third kappa shape index (κ3) is 4.60. The molecule has 0 aromatic heterocycles. The molecule has 1 saturated heterocycles. The summed E-state index contributed by atoms with van der Waals surface area (Å²) in [6.07, 6.45) is -0.852. The molecule has 1 fully saturated rings. The van der Waals surface area contributed by atoms with E-state index in [1.165, 1.54) is 13.2 Å². The van der Waals surface area contributed by atoms with Crippen molar-refractivity contribution < 1.29 is 28.6 Å². The Bertz CT molecular complexity index is 1170. The van der Waals surface area contributed by atoms with Crippen LogP contribution < -0.4 is 4.74 Å². The van der Waals surface area contributed by atoms with Gasteiger partial charge in [0.05, 0.1) is 30.8 Å². The number of carbonyl (C=O) groups is 2. The molecule has 1 atom stereocenters. The number of cyclic esters (lactones) is 1. The average Bonchev–Trinajstić information content (AvgIpc) is 3.22. The summed E-state index contributed by atoms with van der Waals surface area (Å²) < 4.78 is 24.5. The van der Waals surface area contributed by atoms with Crippen LogP contribution in [-0.2, 0) is 22.6 Å². The van der Waals surface area contributed by atoms with E-state index < -0.39 is 11.9 Å². The first-order valence-corrected chi connectivity index (χ1v) is 11.1. The number of rotatable bonds is 6. The van der Waals surface area contributed by atoms with Gasteiger partial charge in [0, 0.05) is 43.9 Å². The fraction of sp³-hybridized carbons (Fsp3) is 0.400. The SMILES string of the molecule is COc1cc(CC(=O)N2CCN(CC(O)c3ccc4c(c3C)COC4=O)CC2)c(F)cc1C#N. The number of benzene rings is 2. The van der Waals surface area contributed by atoms with Crippen molar-refractivity contribution in [3.63, 3.8) is 0 Å². The Kier molecular flexibility index (Phi) is 6.82. The van der Waals surface area contributed by atoms with Gasteiger partial charge in [0.1, 0.15) is 24.2 Å². The number of hydrogen-bond donors (Lipinski definition) is 1. The first-order chi connectivity index (χ1) is 16.3. The molecule has 2 aromatic carbocycles. The number of esters is 1. The minimum Gasteiger partial charge on any atom is -0.495 e. The molecule has 2 heterocycles. The van der Waals surface area contributed by atoms with E-state index in [-0.39, 0.29) is 41.8 Å². The molecule has 0 radical (unpaired) electrons.